The van der Waals surface area contributed by atoms with Crippen molar-refractivity contribution in [3.63, 3.8) is 0 Å². The summed E-state index contributed by atoms with van der Waals surface area (Å²) in [5.74, 6) is 1.74. The molecule has 0 aliphatic heterocycles. The van der Waals surface area contributed by atoms with Crippen LogP contribution in [0.2, 0.25) is 0 Å². The lowest BCUT2D eigenvalue weighted by molar-refractivity contribution is -0.128. The van der Waals surface area contributed by atoms with E-state index in [0.717, 1.165) is 25.2 Å². The monoisotopic (exact) mass is 204 g/mol. The van der Waals surface area contributed by atoms with Crippen molar-refractivity contribution >= 4 is 5.78 Å². The van der Waals surface area contributed by atoms with E-state index in [2.05, 4.69) is 13.8 Å². The minimum atomic E-state index is 0.378. The molecule has 0 aromatic rings. The lowest BCUT2D eigenvalue weighted by Crippen LogP contribution is -2.40. The van der Waals surface area contributed by atoms with Gasteiger partial charge in [-0.05, 0) is 50.4 Å². The quantitative estimate of drug-likeness (QED) is 0.552. The number of fused-ring (bicyclic) bond motifs is 1. The van der Waals surface area contributed by atoms with E-state index < -0.39 is 0 Å². The van der Waals surface area contributed by atoms with Gasteiger partial charge in [-0.15, -0.1) is 0 Å². The van der Waals surface area contributed by atoms with E-state index in [4.69, 9.17) is 0 Å². The van der Waals surface area contributed by atoms with Crippen LogP contribution in [-0.2, 0) is 4.79 Å². The molecule has 82 valence electrons. The number of carbonyl (C=O) groups is 1. The minimum Gasteiger partial charge on any atom is -0.299 e. The molecule has 15 heavy (non-hydrogen) atoms. The lowest BCUT2D eigenvalue weighted by Gasteiger charge is -2.46. The first kappa shape index (κ1) is 9.62. The van der Waals surface area contributed by atoms with Crippen molar-refractivity contribution in [1.82, 2.24) is 0 Å². The Morgan fingerprint density at radius 3 is 2.93 bits per heavy atom. The van der Waals surface area contributed by atoms with E-state index >= 15 is 0 Å². The van der Waals surface area contributed by atoms with Crippen molar-refractivity contribution in [3.05, 3.63) is 11.1 Å². The second kappa shape index (κ2) is 2.96. The SMILES string of the molecule is CC1=C2CC[C@@H](C)[C@@]23CCC(=O)[C@@H](C1)C3. The summed E-state index contributed by atoms with van der Waals surface area (Å²) < 4.78 is 0. The summed E-state index contributed by atoms with van der Waals surface area (Å²) in [6.45, 7) is 4.67. The molecular formula is C14H20O. The summed E-state index contributed by atoms with van der Waals surface area (Å²) in [6, 6.07) is 0. The largest absolute Gasteiger partial charge is 0.299 e. The molecule has 1 nitrogen and oxygen atoms in total. The first-order valence-corrected chi connectivity index (χ1v) is 6.35. The summed E-state index contributed by atoms with van der Waals surface area (Å²) in [6.07, 6.45) is 6.92. The molecule has 1 spiro atoms. The van der Waals surface area contributed by atoms with Crippen LogP contribution in [0.1, 0.15) is 52.4 Å². The molecule has 0 radical (unpaired) electrons. The third-order valence-electron chi connectivity index (χ3n) is 5.32. The molecule has 0 N–H and O–H groups in total. The molecule has 0 unspecified atom stereocenters. The topological polar surface area (TPSA) is 17.1 Å². The maximum atomic E-state index is 11.8. The van der Waals surface area contributed by atoms with Gasteiger partial charge in [-0.1, -0.05) is 18.1 Å². The number of hydrogen-bond donors (Lipinski definition) is 0. The van der Waals surface area contributed by atoms with Gasteiger partial charge in [0.05, 0.1) is 0 Å². The van der Waals surface area contributed by atoms with Crippen LogP contribution in [0, 0.1) is 17.3 Å². The first-order chi connectivity index (χ1) is 7.13. The van der Waals surface area contributed by atoms with Gasteiger partial charge in [-0.2, -0.15) is 0 Å². The summed E-state index contributed by atoms with van der Waals surface area (Å²) in [5, 5.41) is 0. The fraction of sp³-hybridized carbons (Fsp3) is 0.786. The smallest absolute Gasteiger partial charge is 0.136 e. The molecule has 3 aliphatic carbocycles. The van der Waals surface area contributed by atoms with Crippen LogP contribution in [0.15, 0.2) is 11.1 Å². The standard InChI is InChI=1S/C14H20O/c1-9-7-11-8-14(6-5-13(11)15)10(2)3-4-12(9)14/h10-11H,3-8H2,1-2H3/t10-,11+,14+/m1/s1. The Balaban J connectivity index is 2.09. The van der Waals surface area contributed by atoms with E-state index in [1.54, 1.807) is 11.1 Å². The van der Waals surface area contributed by atoms with Crippen molar-refractivity contribution in [2.24, 2.45) is 17.3 Å². The average Bonchev–Trinajstić information content (AvgIpc) is 2.52. The van der Waals surface area contributed by atoms with Crippen LogP contribution in [0.5, 0.6) is 0 Å². The van der Waals surface area contributed by atoms with E-state index in [9.17, 15) is 4.79 Å². The minimum absolute atomic E-state index is 0.378. The predicted octanol–water partition coefficient (Wildman–Crippen LogP) is 3.49. The van der Waals surface area contributed by atoms with Gasteiger partial charge in [-0.3, -0.25) is 4.79 Å². The van der Waals surface area contributed by atoms with Gasteiger partial charge >= 0.3 is 0 Å². The Kier molecular flexibility index (Phi) is 1.90. The first-order valence-electron chi connectivity index (χ1n) is 6.35. The summed E-state index contributed by atoms with van der Waals surface area (Å²) >= 11 is 0. The molecule has 2 saturated carbocycles. The van der Waals surface area contributed by atoms with Crippen molar-refractivity contribution in [2.75, 3.05) is 0 Å². The highest BCUT2D eigenvalue weighted by molar-refractivity contribution is 5.83. The highest BCUT2D eigenvalue weighted by atomic mass is 16.1. The Bertz CT molecular complexity index is 352. The number of allylic oxidation sites excluding steroid dienone is 2. The molecule has 3 aliphatic rings. The Morgan fingerprint density at radius 1 is 1.33 bits per heavy atom. The van der Waals surface area contributed by atoms with Crippen LogP contribution >= 0.6 is 0 Å². The van der Waals surface area contributed by atoms with Crippen LogP contribution in [0.3, 0.4) is 0 Å². The highest BCUT2D eigenvalue weighted by Gasteiger charge is 2.51. The Labute approximate surface area is 91.9 Å². The second-order valence-electron chi connectivity index (χ2n) is 5.93. The average molecular weight is 204 g/mol. The molecule has 3 atom stereocenters. The number of hydrogen-bond acceptors (Lipinski definition) is 1. The molecule has 1 heteroatoms. The number of Topliss-reactive ketones (excluding diaryl/α,β-unsaturated/α-hetero) is 1. The molecule has 0 aromatic heterocycles. The Morgan fingerprint density at radius 2 is 2.13 bits per heavy atom. The Hall–Kier alpha value is -0.590. The normalized spacial score (nSPS) is 44.5. The van der Waals surface area contributed by atoms with E-state index in [1.165, 1.54) is 19.3 Å². The van der Waals surface area contributed by atoms with Gasteiger partial charge in [0.1, 0.15) is 5.78 Å². The van der Waals surface area contributed by atoms with Crippen molar-refractivity contribution < 1.29 is 4.79 Å². The van der Waals surface area contributed by atoms with Gasteiger partial charge in [0.25, 0.3) is 0 Å². The zero-order valence-corrected chi connectivity index (χ0v) is 9.81. The van der Waals surface area contributed by atoms with Gasteiger partial charge in [-0.25, -0.2) is 0 Å². The van der Waals surface area contributed by atoms with Gasteiger partial charge in [0, 0.05) is 12.3 Å². The molecule has 0 heterocycles. The van der Waals surface area contributed by atoms with Crippen molar-refractivity contribution in [1.29, 1.82) is 0 Å². The third kappa shape index (κ3) is 1.12. The number of rotatable bonds is 0. The van der Waals surface area contributed by atoms with Gasteiger partial charge in [0.15, 0.2) is 0 Å². The molecular weight excluding hydrogens is 184 g/mol. The highest BCUT2D eigenvalue weighted by Crippen LogP contribution is 2.60. The summed E-state index contributed by atoms with van der Waals surface area (Å²) in [7, 11) is 0. The van der Waals surface area contributed by atoms with Crippen molar-refractivity contribution in [2.45, 2.75) is 52.4 Å². The number of carbonyl (C=O) groups excluding carboxylic acids is 1. The van der Waals surface area contributed by atoms with Crippen LogP contribution in [0.4, 0.5) is 0 Å². The molecule has 0 saturated heterocycles. The van der Waals surface area contributed by atoms with Crippen LogP contribution in [-0.4, -0.2) is 5.78 Å². The lowest BCUT2D eigenvalue weighted by atomic mass is 9.57. The van der Waals surface area contributed by atoms with E-state index in [0.29, 0.717) is 17.1 Å². The number of ketones is 1. The van der Waals surface area contributed by atoms with E-state index in [1.807, 2.05) is 0 Å². The summed E-state index contributed by atoms with van der Waals surface area (Å²) in [5.41, 5.74) is 3.77. The maximum absolute atomic E-state index is 11.8. The molecule has 0 amide bonds. The second-order valence-corrected chi connectivity index (χ2v) is 5.93. The zero-order valence-electron chi connectivity index (χ0n) is 9.81. The van der Waals surface area contributed by atoms with Crippen LogP contribution in [0.25, 0.3) is 0 Å². The fourth-order valence-electron chi connectivity index (χ4n) is 4.43. The maximum Gasteiger partial charge on any atom is 0.136 e. The van der Waals surface area contributed by atoms with E-state index in [-0.39, 0.29) is 0 Å². The molecule has 2 fully saturated rings. The van der Waals surface area contributed by atoms with Gasteiger partial charge in [0.2, 0.25) is 0 Å². The molecule has 0 aromatic carbocycles. The van der Waals surface area contributed by atoms with Crippen molar-refractivity contribution in [3.8, 4) is 0 Å². The molecule has 2 bridgehead atoms. The zero-order chi connectivity index (χ0) is 10.6. The summed E-state index contributed by atoms with van der Waals surface area (Å²) in [4.78, 5) is 11.8. The van der Waals surface area contributed by atoms with Gasteiger partial charge < -0.3 is 0 Å². The fourth-order valence-corrected chi connectivity index (χ4v) is 4.43. The predicted molar refractivity (Wildman–Crippen MR) is 60.5 cm³/mol. The third-order valence-corrected chi connectivity index (χ3v) is 5.32. The molecule has 3 rings (SSSR count). The van der Waals surface area contributed by atoms with Crippen LogP contribution < -0.4 is 0 Å².